The van der Waals surface area contributed by atoms with E-state index in [0.29, 0.717) is 17.0 Å². The first-order valence-electron chi connectivity index (χ1n) is 6.87. The molecule has 4 aromatic rings. The first-order valence-corrected chi connectivity index (χ1v) is 6.87. The second-order valence-electron chi connectivity index (χ2n) is 4.89. The van der Waals surface area contributed by atoms with Crippen molar-refractivity contribution in [2.75, 3.05) is 11.5 Å². The van der Waals surface area contributed by atoms with Crippen LogP contribution in [0.2, 0.25) is 0 Å². The Bertz CT molecular complexity index is 993. The highest BCUT2D eigenvalue weighted by Gasteiger charge is 2.15. The van der Waals surface area contributed by atoms with Crippen molar-refractivity contribution >= 4 is 17.4 Å². The Morgan fingerprint density at radius 3 is 2.57 bits per heavy atom. The maximum Gasteiger partial charge on any atom is 0.221 e. The van der Waals surface area contributed by atoms with E-state index in [9.17, 15) is 0 Å². The van der Waals surface area contributed by atoms with Gasteiger partial charge >= 0.3 is 0 Å². The Kier molecular flexibility index (Phi) is 2.87. The summed E-state index contributed by atoms with van der Waals surface area (Å²) in [6.07, 6.45) is 3.00. The molecule has 0 saturated heterocycles. The number of nitrogens with zero attached hydrogens (tertiary/aromatic N) is 6. The van der Waals surface area contributed by atoms with Gasteiger partial charge in [-0.3, -0.25) is 0 Å². The molecule has 8 heteroatoms. The fourth-order valence-electron chi connectivity index (χ4n) is 2.34. The average molecular weight is 304 g/mol. The Morgan fingerprint density at radius 2 is 1.78 bits per heavy atom. The minimum atomic E-state index is 0.111. The number of anilines is 2. The number of nitrogens with two attached hydrogens (primary N) is 2. The second-order valence-corrected chi connectivity index (χ2v) is 4.89. The number of fused-ring (bicyclic) bond motifs is 1. The SMILES string of the molecule is Nc1ncc(-c2nc(-c3ccccc3)cc3ncnn23)c(N)n1. The van der Waals surface area contributed by atoms with Crippen LogP contribution < -0.4 is 11.5 Å². The van der Waals surface area contributed by atoms with Gasteiger partial charge in [0.25, 0.3) is 0 Å². The number of hydrogen-bond acceptors (Lipinski definition) is 7. The smallest absolute Gasteiger partial charge is 0.221 e. The molecule has 0 fully saturated rings. The third-order valence-corrected chi connectivity index (χ3v) is 3.41. The molecule has 4 rings (SSSR count). The van der Waals surface area contributed by atoms with Gasteiger partial charge in [-0.2, -0.15) is 14.6 Å². The molecule has 8 nitrogen and oxygen atoms in total. The van der Waals surface area contributed by atoms with Crippen molar-refractivity contribution in [1.29, 1.82) is 0 Å². The maximum absolute atomic E-state index is 5.97. The Balaban J connectivity index is 2.00. The minimum absolute atomic E-state index is 0.111. The lowest BCUT2D eigenvalue weighted by molar-refractivity contribution is 0.932. The van der Waals surface area contributed by atoms with Gasteiger partial charge in [-0.1, -0.05) is 30.3 Å². The zero-order valence-corrected chi connectivity index (χ0v) is 12.0. The van der Waals surface area contributed by atoms with E-state index in [1.807, 2.05) is 36.4 Å². The second kappa shape index (κ2) is 5.02. The molecule has 0 aliphatic rings. The van der Waals surface area contributed by atoms with Crippen LogP contribution in [0, 0.1) is 0 Å². The van der Waals surface area contributed by atoms with E-state index < -0.39 is 0 Å². The monoisotopic (exact) mass is 304 g/mol. The lowest BCUT2D eigenvalue weighted by atomic mass is 10.1. The predicted molar refractivity (Wildman–Crippen MR) is 86.1 cm³/mol. The molecule has 0 unspecified atom stereocenters. The molecule has 0 atom stereocenters. The van der Waals surface area contributed by atoms with Crippen LogP contribution in [0.3, 0.4) is 0 Å². The van der Waals surface area contributed by atoms with Gasteiger partial charge in [-0.05, 0) is 0 Å². The van der Waals surface area contributed by atoms with Crippen LogP contribution in [0.15, 0.2) is 48.9 Å². The van der Waals surface area contributed by atoms with Crippen LogP contribution in [-0.4, -0.2) is 29.5 Å². The van der Waals surface area contributed by atoms with E-state index in [-0.39, 0.29) is 11.8 Å². The standard InChI is InChI=1S/C15H12N8/c16-13-10(7-18-15(17)22-13)14-21-11(9-4-2-1-3-5-9)6-12-19-8-20-23(12)14/h1-8H,(H4,16,17,18,22). The highest BCUT2D eigenvalue weighted by atomic mass is 15.3. The van der Waals surface area contributed by atoms with E-state index in [1.54, 1.807) is 4.52 Å². The van der Waals surface area contributed by atoms with Gasteiger partial charge in [-0.15, -0.1) is 0 Å². The molecule has 0 spiro atoms. The average Bonchev–Trinajstić information content (AvgIpc) is 3.03. The van der Waals surface area contributed by atoms with Crippen molar-refractivity contribution in [2.24, 2.45) is 0 Å². The fraction of sp³-hybridized carbons (Fsp3) is 0. The van der Waals surface area contributed by atoms with Crippen LogP contribution in [0.25, 0.3) is 28.3 Å². The van der Waals surface area contributed by atoms with Gasteiger partial charge < -0.3 is 11.5 Å². The number of benzene rings is 1. The van der Waals surface area contributed by atoms with Gasteiger partial charge in [0.1, 0.15) is 12.1 Å². The van der Waals surface area contributed by atoms with Crippen molar-refractivity contribution < 1.29 is 0 Å². The molecule has 3 aromatic heterocycles. The predicted octanol–water partition coefficient (Wildman–Crippen LogP) is 1.41. The van der Waals surface area contributed by atoms with Crippen LogP contribution in [0.4, 0.5) is 11.8 Å². The van der Waals surface area contributed by atoms with E-state index in [2.05, 4.69) is 25.0 Å². The lowest BCUT2D eigenvalue weighted by Crippen LogP contribution is -2.06. The highest BCUT2D eigenvalue weighted by molar-refractivity contribution is 5.73. The maximum atomic E-state index is 5.97. The lowest BCUT2D eigenvalue weighted by Gasteiger charge is -2.09. The van der Waals surface area contributed by atoms with Crippen molar-refractivity contribution in [3.8, 4) is 22.6 Å². The number of hydrogen-bond donors (Lipinski definition) is 2. The van der Waals surface area contributed by atoms with E-state index >= 15 is 0 Å². The molecule has 112 valence electrons. The summed E-state index contributed by atoms with van der Waals surface area (Å²) in [7, 11) is 0. The fourth-order valence-corrected chi connectivity index (χ4v) is 2.34. The third-order valence-electron chi connectivity index (χ3n) is 3.41. The molecule has 3 heterocycles. The van der Waals surface area contributed by atoms with Crippen molar-refractivity contribution in [2.45, 2.75) is 0 Å². The zero-order chi connectivity index (χ0) is 15.8. The molecule has 0 aliphatic carbocycles. The first kappa shape index (κ1) is 13.1. The van der Waals surface area contributed by atoms with E-state index in [1.165, 1.54) is 12.5 Å². The summed E-state index contributed by atoms with van der Waals surface area (Å²) in [5, 5.41) is 4.19. The van der Waals surface area contributed by atoms with Crippen molar-refractivity contribution in [3.63, 3.8) is 0 Å². The van der Waals surface area contributed by atoms with Crippen LogP contribution in [0.1, 0.15) is 0 Å². The minimum Gasteiger partial charge on any atom is -0.383 e. The molecule has 0 saturated carbocycles. The summed E-state index contributed by atoms with van der Waals surface area (Å²) in [5.41, 5.74) is 14.5. The molecule has 0 aliphatic heterocycles. The van der Waals surface area contributed by atoms with Gasteiger partial charge in [0.15, 0.2) is 11.5 Å². The summed E-state index contributed by atoms with van der Waals surface area (Å²) in [6.45, 7) is 0. The molecule has 0 bridgehead atoms. The number of nitrogen functional groups attached to an aromatic ring is 2. The quantitative estimate of drug-likeness (QED) is 0.574. The topological polar surface area (TPSA) is 121 Å². The van der Waals surface area contributed by atoms with Gasteiger partial charge in [0, 0.05) is 17.8 Å². The Morgan fingerprint density at radius 1 is 0.957 bits per heavy atom. The molecule has 23 heavy (non-hydrogen) atoms. The number of aromatic nitrogens is 6. The van der Waals surface area contributed by atoms with Crippen molar-refractivity contribution in [3.05, 3.63) is 48.9 Å². The van der Waals surface area contributed by atoms with Gasteiger partial charge in [0.2, 0.25) is 5.95 Å². The molecule has 0 radical (unpaired) electrons. The molecule has 1 aromatic carbocycles. The molecule has 0 amide bonds. The summed E-state index contributed by atoms with van der Waals surface area (Å²) >= 11 is 0. The van der Waals surface area contributed by atoms with Crippen LogP contribution in [-0.2, 0) is 0 Å². The molecule has 4 N–H and O–H groups in total. The molecular weight excluding hydrogens is 292 g/mol. The van der Waals surface area contributed by atoms with Crippen LogP contribution >= 0.6 is 0 Å². The first-order chi connectivity index (χ1) is 11.2. The zero-order valence-electron chi connectivity index (χ0n) is 12.0. The number of rotatable bonds is 2. The molecular formula is C15H12N8. The van der Waals surface area contributed by atoms with Gasteiger partial charge in [-0.25, -0.2) is 15.0 Å². The van der Waals surface area contributed by atoms with E-state index in [4.69, 9.17) is 11.5 Å². The Hall–Kier alpha value is -3.55. The summed E-state index contributed by atoms with van der Waals surface area (Å²) < 4.78 is 1.59. The largest absolute Gasteiger partial charge is 0.383 e. The van der Waals surface area contributed by atoms with E-state index in [0.717, 1.165) is 11.3 Å². The normalized spacial score (nSPS) is 11.0. The van der Waals surface area contributed by atoms with Crippen molar-refractivity contribution in [1.82, 2.24) is 29.5 Å². The third kappa shape index (κ3) is 2.22. The van der Waals surface area contributed by atoms with Gasteiger partial charge in [0.05, 0.1) is 11.3 Å². The highest BCUT2D eigenvalue weighted by Crippen LogP contribution is 2.26. The Labute approximate surface area is 130 Å². The summed E-state index contributed by atoms with van der Waals surface area (Å²) in [6, 6.07) is 11.7. The summed E-state index contributed by atoms with van der Waals surface area (Å²) in [5.74, 6) is 0.865. The summed E-state index contributed by atoms with van der Waals surface area (Å²) in [4.78, 5) is 16.9. The van der Waals surface area contributed by atoms with Crippen LogP contribution in [0.5, 0.6) is 0 Å².